The molecule has 6 heteroatoms. The summed E-state index contributed by atoms with van der Waals surface area (Å²) in [6, 6.07) is 6.74. The number of ether oxygens (including phenoxy) is 1. The van der Waals surface area contributed by atoms with E-state index < -0.39 is 0 Å². The summed E-state index contributed by atoms with van der Waals surface area (Å²) in [7, 11) is 0. The van der Waals surface area contributed by atoms with Crippen LogP contribution in [0.4, 0.5) is 0 Å². The maximum Gasteiger partial charge on any atom is 0.359 e. The van der Waals surface area contributed by atoms with Crippen molar-refractivity contribution in [3.05, 3.63) is 33.9 Å². The van der Waals surface area contributed by atoms with Gasteiger partial charge in [0.15, 0.2) is 5.69 Å². The standard InChI is InChI=1S/C19H21BrN2O2S/c1-2-24-19(23)17-15-11-25-16-10-12(20)8-9-14(16)18(15)22(21-17)13-6-4-3-5-7-13/h8-10,13H,2-7,11H2,1H3. The predicted molar refractivity (Wildman–Crippen MR) is 103 cm³/mol. The van der Waals surface area contributed by atoms with Gasteiger partial charge in [-0.1, -0.05) is 41.3 Å². The van der Waals surface area contributed by atoms with E-state index in [0.29, 0.717) is 18.3 Å². The van der Waals surface area contributed by atoms with Gasteiger partial charge in [0, 0.05) is 26.2 Å². The third kappa shape index (κ3) is 3.14. The lowest BCUT2D eigenvalue weighted by atomic mass is 9.95. The highest BCUT2D eigenvalue weighted by Gasteiger charge is 2.32. The number of carbonyl (C=O) groups excluding carboxylic acids is 1. The van der Waals surface area contributed by atoms with Crippen molar-refractivity contribution < 1.29 is 9.53 Å². The summed E-state index contributed by atoms with van der Waals surface area (Å²) < 4.78 is 8.48. The molecule has 1 saturated carbocycles. The van der Waals surface area contributed by atoms with Crippen molar-refractivity contribution in [1.29, 1.82) is 0 Å². The number of esters is 1. The first kappa shape index (κ1) is 17.2. The van der Waals surface area contributed by atoms with Crippen LogP contribution in [0.5, 0.6) is 0 Å². The highest BCUT2D eigenvalue weighted by atomic mass is 79.9. The van der Waals surface area contributed by atoms with Crippen molar-refractivity contribution in [2.75, 3.05) is 6.61 Å². The fourth-order valence-electron chi connectivity index (χ4n) is 3.81. The number of aromatic nitrogens is 2. The summed E-state index contributed by atoms with van der Waals surface area (Å²) in [4.78, 5) is 13.7. The lowest BCUT2D eigenvalue weighted by molar-refractivity contribution is 0.0517. The summed E-state index contributed by atoms with van der Waals surface area (Å²) in [5.74, 6) is 0.467. The van der Waals surface area contributed by atoms with Crippen LogP contribution >= 0.6 is 27.7 Å². The molecule has 25 heavy (non-hydrogen) atoms. The van der Waals surface area contributed by atoms with Gasteiger partial charge in [-0.2, -0.15) is 5.10 Å². The normalized spacial score (nSPS) is 17.0. The smallest absolute Gasteiger partial charge is 0.359 e. The van der Waals surface area contributed by atoms with Gasteiger partial charge >= 0.3 is 5.97 Å². The Morgan fingerprint density at radius 2 is 2.16 bits per heavy atom. The van der Waals surface area contributed by atoms with Gasteiger partial charge in [0.1, 0.15) is 0 Å². The highest BCUT2D eigenvalue weighted by molar-refractivity contribution is 9.10. The predicted octanol–water partition coefficient (Wildman–Crippen LogP) is 5.60. The van der Waals surface area contributed by atoms with E-state index in [1.807, 2.05) is 6.92 Å². The van der Waals surface area contributed by atoms with Crippen LogP contribution in [0, 0.1) is 0 Å². The quantitative estimate of drug-likeness (QED) is 0.605. The second-order valence-corrected chi connectivity index (χ2v) is 8.49. The molecule has 1 aliphatic heterocycles. The molecule has 0 radical (unpaired) electrons. The van der Waals surface area contributed by atoms with Crippen molar-refractivity contribution in [3.63, 3.8) is 0 Å². The SMILES string of the molecule is CCOC(=O)c1nn(C2CCCCC2)c2c1CSc1cc(Br)ccc1-2. The Morgan fingerprint density at radius 3 is 2.92 bits per heavy atom. The Labute approximate surface area is 160 Å². The maximum atomic E-state index is 12.5. The summed E-state index contributed by atoms with van der Waals surface area (Å²) in [6.45, 7) is 2.21. The van der Waals surface area contributed by atoms with Crippen LogP contribution in [-0.4, -0.2) is 22.4 Å². The van der Waals surface area contributed by atoms with Crippen molar-refractivity contribution in [2.24, 2.45) is 0 Å². The minimum Gasteiger partial charge on any atom is -0.461 e. The van der Waals surface area contributed by atoms with E-state index in [0.717, 1.165) is 34.3 Å². The Morgan fingerprint density at radius 1 is 1.36 bits per heavy atom. The van der Waals surface area contributed by atoms with Crippen LogP contribution in [0.1, 0.15) is 61.1 Å². The molecular formula is C19H21BrN2O2S. The second-order valence-electron chi connectivity index (χ2n) is 6.56. The molecule has 0 spiro atoms. The van der Waals surface area contributed by atoms with E-state index in [4.69, 9.17) is 9.84 Å². The molecule has 132 valence electrons. The lowest BCUT2D eigenvalue weighted by Gasteiger charge is -2.26. The first-order valence-electron chi connectivity index (χ1n) is 8.90. The van der Waals surface area contributed by atoms with E-state index in [-0.39, 0.29) is 5.97 Å². The summed E-state index contributed by atoms with van der Waals surface area (Å²) in [5.41, 5.74) is 3.84. The molecule has 0 atom stereocenters. The third-order valence-corrected chi connectivity index (χ3v) is 6.54. The lowest BCUT2D eigenvalue weighted by Crippen LogP contribution is -2.16. The molecule has 0 unspecified atom stereocenters. The van der Waals surface area contributed by atoms with Crippen molar-refractivity contribution in [2.45, 2.75) is 55.7 Å². The number of benzene rings is 1. The number of rotatable bonds is 3. The molecule has 1 aromatic heterocycles. The molecule has 0 saturated heterocycles. The van der Waals surface area contributed by atoms with Crippen LogP contribution < -0.4 is 0 Å². The minimum atomic E-state index is -0.297. The molecule has 0 amide bonds. The van der Waals surface area contributed by atoms with Gasteiger partial charge in [-0.05, 0) is 31.9 Å². The molecule has 4 nitrogen and oxygen atoms in total. The Balaban J connectivity index is 1.87. The van der Waals surface area contributed by atoms with E-state index in [1.165, 1.54) is 29.7 Å². The minimum absolute atomic E-state index is 0.297. The number of hydrogen-bond acceptors (Lipinski definition) is 4. The first-order valence-corrected chi connectivity index (χ1v) is 10.7. The van der Waals surface area contributed by atoms with E-state index in [1.54, 1.807) is 11.8 Å². The van der Waals surface area contributed by atoms with Gasteiger partial charge in [0.05, 0.1) is 18.3 Å². The highest BCUT2D eigenvalue weighted by Crippen LogP contribution is 2.46. The van der Waals surface area contributed by atoms with Gasteiger partial charge < -0.3 is 4.74 Å². The molecule has 1 aliphatic carbocycles. The summed E-state index contributed by atoms with van der Waals surface area (Å²) >= 11 is 5.33. The molecule has 0 N–H and O–H groups in total. The maximum absolute atomic E-state index is 12.5. The van der Waals surface area contributed by atoms with E-state index >= 15 is 0 Å². The molecule has 0 bridgehead atoms. The molecule has 2 heterocycles. The van der Waals surface area contributed by atoms with E-state index in [9.17, 15) is 4.79 Å². The zero-order valence-corrected chi connectivity index (χ0v) is 16.7. The molecule has 2 aromatic rings. The monoisotopic (exact) mass is 420 g/mol. The first-order chi connectivity index (χ1) is 12.2. The number of halogens is 1. The third-order valence-electron chi connectivity index (χ3n) is 4.97. The zero-order valence-electron chi connectivity index (χ0n) is 14.3. The van der Waals surface area contributed by atoms with Crippen molar-refractivity contribution in [3.8, 4) is 11.3 Å². The van der Waals surface area contributed by atoms with Gasteiger partial charge in [-0.3, -0.25) is 4.68 Å². The number of nitrogens with zero attached hydrogens (tertiary/aromatic N) is 2. The van der Waals surface area contributed by atoms with Crippen LogP contribution in [0.15, 0.2) is 27.6 Å². The molecule has 4 rings (SSSR count). The number of hydrogen-bond donors (Lipinski definition) is 0. The van der Waals surface area contributed by atoms with Crippen LogP contribution in [0.2, 0.25) is 0 Å². The van der Waals surface area contributed by atoms with Crippen molar-refractivity contribution in [1.82, 2.24) is 9.78 Å². The van der Waals surface area contributed by atoms with Crippen LogP contribution in [-0.2, 0) is 10.5 Å². The summed E-state index contributed by atoms with van der Waals surface area (Å²) in [6.07, 6.45) is 6.03. The molecular weight excluding hydrogens is 400 g/mol. The van der Waals surface area contributed by atoms with Crippen molar-refractivity contribution >= 4 is 33.7 Å². The fraction of sp³-hybridized carbons (Fsp3) is 0.474. The number of carbonyl (C=O) groups is 1. The average molecular weight is 421 g/mol. The molecule has 1 fully saturated rings. The van der Waals surface area contributed by atoms with Gasteiger partial charge in [0.25, 0.3) is 0 Å². The zero-order chi connectivity index (χ0) is 17.4. The molecule has 1 aromatic carbocycles. The summed E-state index contributed by atoms with van der Waals surface area (Å²) in [5, 5.41) is 4.77. The van der Waals surface area contributed by atoms with Gasteiger partial charge in [-0.15, -0.1) is 11.8 Å². The Bertz CT molecular complexity index is 812. The van der Waals surface area contributed by atoms with E-state index in [2.05, 4.69) is 38.8 Å². The van der Waals surface area contributed by atoms with Gasteiger partial charge in [-0.25, -0.2) is 4.79 Å². The van der Waals surface area contributed by atoms with Crippen LogP contribution in [0.25, 0.3) is 11.3 Å². The average Bonchev–Trinajstić information content (AvgIpc) is 3.02. The molecule has 2 aliphatic rings. The largest absolute Gasteiger partial charge is 0.461 e. The second kappa shape index (κ2) is 7.16. The topological polar surface area (TPSA) is 44.1 Å². The van der Waals surface area contributed by atoms with Gasteiger partial charge in [0.2, 0.25) is 0 Å². The fourth-order valence-corrected chi connectivity index (χ4v) is 5.42. The Kier molecular flexibility index (Phi) is 4.91. The van der Waals surface area contributed by atoms with Crippen LogP contribution in [0.3, 0.4) is 0 Å². The Hall–Kier alpha value is -1.27. The number of thioether (sulfide) groups is 1. The number of fused-ring (bicyclic) bond motifs is 3.